The predicted molar refractivity (Wildman–Crippen MR) is 92.4 cm³/mol. The number of amides is 1. The molecule has 0 aliphatic rings. The van der Waals surface area contributed by atoms with Crippen molar-refractivity contribution in [2.75, 3.05) is 0 Å². The van der Waals surface area contributed by atoms with Gasteiger partial charge in [-0.2, -0.15) is 0 Å². The highest BCUT2D eigenvalue weighted by Gasteiger charge is 2.19. The van der Waals surface area contributed by atoms with Gasteiger partial charge in [-0.3, -0.25) is 14.2 Å². The highest BCUT2D eigenvalue weighted by Crippen LogP contribution is 2.21. The van der Waals surface area contributed by atoms with Gasteiger partial charge in [-0.15, -0.1) is 0 Å². The lowest BCUT2D eigenvalue weighted by molar-refractivity contribution is 0.0944. The third-order valence-electron chi connectivity index (χ3n) is 3.67. The number of carbonyl (C=O) groups is 1. The van der Waals surface area contributed by atoms with Gasteiger partial charge in [0.1, 0.15) is 11.3 Å². The van der Waals surface area contributed by atoms with Gasteiger partial charge in [0, 0.05) is 29.6 Å². The topological polar surface area (TPSA) is 59.3 Å². The Morgan fingerprint density at radius 2 is 2.26 bits per heavy atom. The van der Waals surface area contributed by atoms with Crippen LogP contribution in [0, 0.1) is 6.92 Å². The molecule has 5 nitrogen and oxygen atoms in total. The molecule has 0 saturated heterocycles. The van der Waals surface area contributed by atoms with E-state index in [0.717, 1.165) is 26.9 Å². The van der Waals surface area contributed by atoms with Crippen LogP contribution in [0.5, 0.6) is 0 Å². The third-order valence-corrected chi connectivity index (χ3v) is 4.10. The molecule has 3 aromatic rings. The Labute approximate surface area is 142 Å². The van der Waals surface area contributed by atoms with Crippen LogP contribution in [-0.2, 0) is 13.0 Å². The van der Waals surface area contributed by atoms with Crippen molar-refractivity contribution in [3.05, 3.63) is 63.8 Å². The summed E-state index contributed by atoms with van der Waals surface area (Å²) in [6.45, 7) is 4.43. The zero-order valence-electron chi connectivity index (χ0n) is 13.0. The van der Waals surface area contributed by atoms with Gasteiger partial charge in [0.25, 0.3) is 5.91 Å². The van der Waals surface area contributed by atoms with Crippen molar-refractivity contribution < 1.29 is 4.79 Å². The average molecular weight is 373 g/mol. The van der Waals surface area contributed by atoms with Gasteiger partial charge in [0.2, 0.25) is 0 Å². The fraction of sp³-hybridized carbons (Fsp3) is 0.235. The molecule has 1 amide bonds. The molecule has 0 fully saturated rings. The number of halogens is 1. The van der Waals surface area contributed by atoms with Crippen LogP contribution in [0.25, 0.3) is 5.65 Å². The first-order chi connectivity index (χ1) is 11.1. The Bertz CT molecular complexity index is 858. The molecule has 0 radical (unpaired) electrons. The number of aryl methyl sites for hydroxylation is 2. The van der Waals surface area contributed by atoms with Crippen LogP contribution < -0.4 is 5.32 Å². The summed E-state index contributed by atoms with van der Waals surface area (Å²) in [5.74, 6) is -0.129. The minimum atomic E-state index is -0.129. The second-order valence-corrected chi connectivity index (χ2v) is 6.26. The maximum Gasteiger partial charge on any atom is 0.270 e. The summed E-state index contributed by atoms with van der Waals surface area (Å²) in [6.07, 6.45) is 6.05. The summed E-state index contributed by atoms with van der Waals surface area (Å²) in [4.78, 5) is 21.4. The first-order valence-electron chi connectivity index (χ1n) is 7.44. The van der Waals surface area contributed by atoms with Crippen LogP contribution in [0.4, 0.5) is 0 Å². The van der Waals surface area contributed by atoms with Gasteiger partial charge in [-0.05, 0) is 52.5 Å². The number of imidazole rings is 1. The van der Waals surface area contributed by atoms with Crippen molar-refractivity contribution in [3.8, 4) is 0 Å². The van der Waals surface area contributed by atoms with Crippen LogP contribution in [-0.4, -0.2) is 20.3 Å². The van der Waals surface area contributed by atoms with E-state index in [0.29, 0.717) is 18.7 Å². The van der Waals surface area contributed by atoms with Crippen LogP contribution in [0.2, 0.25) is 0 Å². The quantitative estimate of drug-likeness (QED) is 0.764. The van der Waals surface area contributed by atoms with Crippen LogP contribution in [0.1, 0.15) is 34.2 Å². The summed E-state index contributed by atoms with van der Waals surface area (Å²) >= 11 is 3.48. The molecule has 0 spiro atoms. The Balaban J connectivity index is 1.96. The van der Waals surface area contributed by atoms with E-state index in [9.17, 15) is 4.79 Å². The zero-order valence-corrected chi connectivity index (χ0v) is 14.6. The SMILES string of the molecule is CCc1nc2c(C)cc(Br)cn2c1C(=O)NCc1cccnc1. The molecular weight excluding hydrogens is 356 g/mol. The van der Waals surface area contributed by atoms with Crippen molar-refractivity contribution in [1.82, 2.24) is 19.7 Å². The Morgan fingerprint density at radius 1 is 1.43 bits per heavy atom. The van der Waals surface area contributed by atoms with Crippen molar-refractivity contribution >= 4 is 27.5 Å². The highest BCUT2D eigenvalue weighted by molar-refractivity contribution is 9.10. The first kappa shape index (κ1) is 15.7. The molecule has 118 valence electrons. The fourth-order valence-electron chi connectivity index (χ4n) is 2.57. The normalized spacial score (nSPS) is 10.9. The Kier molecular flexibility index (Phi) is 4.43. The van der Waals surface area contributed by atoms with Crippen molar-refractivity contribution in [2.45, 2.75) is 26.8 Å². The summed E-state index contributed by atoms with van der Waals surface area (Å²) in [6, 6.07) is 5.79. The minimum absolute atomic E-state index is 0.129. The number of hydrogen-bond donors (Lipinski definition) is 1. The van der Waals surface area contributed by atoms with Crippen LogP contribution in [0.15, 0.2) is 41.3 Å². The van der Waals surface area contributed by atoms with Crippen LogP contribution >= 0.6 is 15.9 Å². The molecule has 0 bridgehead atoms. The highest BCUT2D eigenvalue weighted by atomic mass is 79.9. The molecule has 3 aromatic heterocycles. The van der Waals surface area contributed by atoms with E-state index in [1.807, 2.05) is 42.6 Å². The lowest BCUT2D eigenvalue weighted by Gasteiger charge is -2.07. The number of pyridine rings is 2. The van der Waals surface area contributed by atoms with Crippen LogP contribution in [0.3, 0.4) is 0 Å². The van der Waals surface area contributed by atoms with Crippen molar-refractivity contribution in [2.24, 2.45) is 0 Å². The van der Waals surface area contributed by atoms with E-state index in [1.165, 1.54) is 0 Å². The molecule has 1 N–H and O–H groups in total. The summed E-state index contributed by atoms with van der Waals surface area (Å²) in [5.41, 5.74) is 4.20. The molecule has 3 rings (SSSR count). The maximum absolute atomic E-state index is 12.7. The smallest absolute Gasteiger partial charge is 0.270 e. The van der Waals surface area contributed by atoms with E-state index in [2.05, 4.69) is 31.2 Å². The predicted octanol–water partition coefficient (Wildman–Crippen LogP) is 3.29. The molecular formula is C17H17BrN4O. The number of rotatable bonds is 4. The molecule has 0 unspecified atom stereocenters. The van der Waals surface area contributed by atoms with Gasteiger partial charge in [0.05, 0.1) is 5.69 Å². The summed E-state index contributed by atoms with van der Waals surface area (Å²) in [5, 5.41) is 2.95. The standard InChI is InChI=1S/C17H17BrN4O/c1-3-14-15(17(23)20-9-12-5-4-6-19-8-12)22-10-13(18)7-11(2)16(22)21-14/h4-8,10H,3,9H2,1-2H3,(H,20,23). The zero-order chi connectivity index (χ0) is 16.4. The fourth-order valence-corrected chi connectivity index (χ4v) is 3.12. The van der Waals surface area contributed by atoms with Gasteiger partial charge in [-0.1, -0.05) is 13.0 Å². The monoisotopic (exact) mass is 372 g/mol. The van der Waals surface area contributed by atoms with Gasteiger partial charge < -0.3 is 5.32 Å². The van der Waals surface area contributed by atoms with E-state index in [4.69, 9.17) is 0 Å². The lowest BCUT2D eigenvalue weighted by atomic mass is 10.2. The van der Waals surface area contributed by atoms with Gasteiger partial charge >= 0.3 is 0 Å². The molecule has 0 atom stereocenters. The number of fused-ring (bicyclic) bond motifs is 1. The molecule has 23 heavy (non-hydrogen) atoms. The second-order valence-electron chi connectivity index (χ2n) is 5.34. The molecule has 0 aliphatic heterocycles. The van der Waals surface area contributed by atoms with Crippen molar-refractivity contribution in [1.29, 1.82) is 0 Å². The number of aromatic nitrogens is 3. The van der Waals surface area contributed by atoms with E-state index in [1.54, 1.807) is 12.4 Å². The molecule has 0 aliphatic carbocycles. The number of nitrogens with zero attached hydrogens (tertiary/aromatic N) is 3. The number of hydrogen-bond acceptors (Lipinski definition) is 3. The Morgan fingerprint density at radius 3 is 2.96 bits per heavy atom. The number of nitrogens with one attached hydrogen (secondary N) is 1. The molecule has 6 heteroatoms. The maximum atomic E-state index is 12.7. The van der Waals surface area contributed by atoms with E-state index in [-0.39, 0.29) is 5.91 Å². The van der Waals surface area contributed by atoms with E-state index < -0.39 is 0 Å². The third kappa shape index (κ3) is 3.12. The van der Waals surface area contributed by atoms with Crippen molar-refractivity contribution in [3.63, 3.8) is 0 Å². The summed E-state index contributed by atoms with van der Waals surface area (Å²) < 4.78 is 2.78. The minimum Gasteiger partial charge on any atom is -0.347 e. The lowest BCUT2D eigenvalue weighted by Crippen LogP contribution is -2.25. The van der Waals surface area contributed by atoms with Gasteiger partial charge in [0.15, 0.2) is 0 Å². The number of carbonyl (C=O) groups excluding carboxylic acids is 1. The largest absolute Gasteiger partial charge is 0.347 e. The Hall–Kier alpha value is -2.21. The van der Waals surface area contributed by atoms with E-state index >= 15 is 0 Å². The molecule has 0 aromatic carbocycles. The average Bonchev–Trinajstić information content (AvgIpc) is 2.92. The first-order valence-corrected chi connectivity index (χ1v) is 8.23. The second kappa shape index (κ2) is 6.50. The van der Waals surface area contributed by atoms with Gasteiger partial charge in [-0.25, -0.2) is 4.98 Å². The molecule has 3 heterocycles. The summed E-state index contributed by atoms with van der Waals surface area (Å²) in [7, 11) is 0. The molecule has 0 saturated carbocycles.